The van der Waals surface area contributed by atoms with E-state index in [1.54, 1.807) is 11.3 Å². The van der Waals surface area contributed by atoms with Crippen LogP contribution in [0.2, 0.25) is 0 Å². The summed E-state index contributed by atoms with van der Waals surface area (Å²) in [7, 11) is 0. The van der Waals surface area contributed by atoms with Crippen LogP contribution in [0.3, 0.4) is 0 Å². The molecule has 1 saturated heterocycles. The van der Waals surface area contributed by atoms with E-state index in [0.717, 1.165) is 13.1 Å². The highest BCUT2D eigenvalue weighted by Crippen LogP contribution is 2.25. The SMILES string of the molecule is c1cc(N[C@@H]2CCN(Cc3ccsc3)C2)c2ccncc2c1. The molecular formula is C18H19N3S. The van der Waals surface area contributed by atoms with E-state index in [9.17, 15) is 0 Å². The predicted octanol–water partition coefficient (Wildman–Crippen LogP) is 3.98. The maximum atomic E-state index is 4.20. The van der Waals surface area contributed by atoms with Crippen molar-refractivity contribution in [2.75, 3.05) is 18.4 Å². The molecule has 1 atom stereocenters. The van der Waals surface area contributed by atoms with Crippen LogP contribution >= 0.6 is 11.3 Å². The molecule has 2 aromatic heterocycles. The number of fused-ring (bicyclic) bond motifs is 1. The molecule has 0 spiro atoms. The second-order valence-corrected chi connectivity index (χ2v) is 6.68. The molecule has 3 heterocycles. The Bertz CT molecular complexity index is 749. The molecule has 22 heavy (non-hydrogen) atoms. The standard InChI is InChI=1S/C18H19N3S/c1-2-15-10-19-7-4-17(15)18(3-1)20-16-5-8-21(12-16)11-14-6-9-22-13-14/h1-4,6-7,9-10,13,16,20H,5,8,11-12H2/t16-/m1/s1. The number of hydrogen-bond donors (Lipinski definition) is 1. The third kappa shape index (κ3) is 2.85. The molecule has 3 nitrogen and oxygen atoms in total. The fourth-order valence-corrected chi connectivity index (χ4v) is 3.86. The van der Waals surface area contributed by atoms with Gasteiger partial charge < -0.3 is 5.32 Å². The lowest BCUT2D eigenvalue weighted by Gasteiger charge is -2.18. The summed E-state index contributed by atoms with van der Waals surface area (Å²) in [6.45, 7) is 3.35. The van der Waals surface area contributed by atoms with Crippen molar-refractivity contribution in [1.82, 2.24) is 9.88 Å². The van der Waals surface area contributed by atoms with Gasteiger partial charge in [-0.3, -0.25) is 9.88 Å². The summed E-state index contributed by atoms with van der Waals surface area (Å²) >= 11 is 1.78. The van der Waals surface area contributed by atoms with E-state index >= 15 is 0 Å². The van der Waals surface area contributed by atoms with E-state index in [1.165, 1.54) is 35.0 Å². The summed E-state index contributed by atoms with van der Waals surface area (Å²) in [6, 6.07) is 11.2. The highest BCUT2D eigenvalue weighted by Gasteiger charge is 2.22. The first kappa shape index (κ1) is 13.7. The Balaban J connectivity index is 1.45. The van der Waals surface area contributed by atoms with Crippen molar-refractivity contribution in [2.24, 2.45) is 0 Å². The quantitative estimate of drug-likeness (QED) is 0.790. The third-order valence-electron chi connectivity index (χ3n) is 4.30. The Morgan fingerprint density at radius 2 is 2.27 bits per heavy atom. The lowest BCUT2D eigenvalue weighted by atomic mass is 10.1. The molecule has 3 aromatic rings. The second-order valence-electron chi connectivity index (χ2n) is 5.90. The number of likely N-dealkylation sites (tertiary alicyclic amines) is 1. The monoisotopic (exact) mass is 309 g/mol. The number of nitrogens with one attached hydrogen (secondary N) is 1. The number of rotatable bonds is 4. The molecule has 0 radical (unpaired) electrons. The van der Waals surface area contributed by atoms with Crippen molar-refractivity contribution in [2.45, 2.75) is 19.0 Å². The van der Waals surface area contributed by atoms with Crippen LogP contribution in [0.4, 0.5) is 5.69 Å². The molecule has 0 aliphatic carbocycles. The Labute approximate surface area is 134 Å². The lowest BCUT2D eigenvalue weighted by Crippen LogP contribution is -2.25. The highest BCUT2D eigenvalue weighted by molar-refractivity contribution is 7.07. The van der Waals surface area contributed by atoms with Crippen LogP contribution in [0.1, 0.15) is 12.0 Å². The summed E-state index contributed by atoms with van der Waals surface area (Å²) < 4.78 is 0. The zero-order valence-corrected chi connectivity index (χ0v) is 13.2. The fraction of sp³-hybridized carbons (Fsp3) is 0.278. The molecule has 0 bridgehead atoms. The van der Waals surface area contributed by atoms with Gasteiger partial charge in [0, 0.05) is 54.5 Å². The third-order valence-corrected chi connectivity index (χ3v) is 5.03. The van der Waals surface area contributed by atoms with E-state index in [0.29, 0.717) is 6.04 Å². The smallest absolute Gasteiger partial charge is 0.0423 e. The number of thiophene rings is 1. The number of pyridine rings is 1. The van der Waals surface area contributed by atoms with Crippen molar-refractivity contribution in [1.29, 1.82) is 0 Å². The second kappa shape index (κ2) is 6.07. The maximum Gasteiger partial charge on any atom is 0.0423 e. The van der Waals surface area contributed by atoms with Gasteiger partial charge >= 0.3 is 0 Å². The van der Waals surface area contributed by atoms with E-state index in [2.05, 4.69) is 56.3 Å². The van der Waals surface area contributed by atoms with Gasteiger partial charge in [-0.25, -0.2) is 0 Å². The zero-order valence-electron chi connectivity index (χ0n) is 12.4. The molecule has 0 amide bonds. The van der Waals surface area contributed by atoms with Crippen molar-refractivity contribution >= 4 is 27.8 Å². The summed E-state index contributed by atoms with van der Waals surface area (Å²) in [5.41, 5.74) is 2.66. The topological polar surface area (TPSA) is 28.2 Å². The Hall–Kier alpha value is -1.91. The van der Waals surface area contributed by atoms with Gasteiger partial charge in [-0.1, -0.05) is 12.1 Å². The number of hydrogen-bond acceptors (Lipinski definition) is 4. The Morgan fingerprint density at radius 1 is 1.27 bits per heavy atom. The fourth-order valence-electron chi connectivity index (χ4n) is 3.20. The highest BCUT2D eigenvalue weighted by atomic mass is 32.1. The minimum atomic E-state index is 0.525. The largest absolute Gasteiger partial charge is 0.380 e. The average Bonchev–Trinajstić information content (AvgIpc) is 3.20. The van der Waals surface area contributed by atoms with Crippen LogP contribution in [0, 0.1) is 0 Å². The van der Waals surface area contributed by atoms with Crippen LogP contribution < -0.4 is 5.32 Å². The van der Waals surface area contributed by atoms with E-state index in [-0.39, 0.29) is 0 Å². The molecule has 1 aromatic carbocycles. The van der Waals surface area contributed by atoms with Crippen molar-refractivity contribution in [3.05, 3.63) is 59.0 Å². The minimum absolute atomic E-state index is 0.525. The van der Waals surface area contributed by atoms with Gasteiger partial charge in [-0.15, -0.1) is 0 Å². The van der Waals surface area contributed by atoms with Crippen molar-refractivity contribution < 1.29 is 0 Å². The van der Waals surface area contributed by atoms with Crippen LogP contribution in [0.15, 0.2) is 53.5 Å². The van der Waals surface area contributed by atoms with Gasteiger partial charge in [0.15, 0.2) is 0 Å². The first-order valence-corrected chi connectivity index (χ1v) is 8.65. The van der Waals surface area contributed by atoms with Gasteiger partial charge in [-0.2, -0.15) is 11.3 Å². The lowest BCUT2D eigenvalue weighted by molar-refractivity contribution is 0.329. The summed E-state index contributed by atoms with van der Waals surface area (Å²) in [5, 5.41) is 10.6. The Morgan fingerprint density at radius 3 is 3.18 bits per heavy atom. The van der Waals surface area contributed by atoms with Crippen molar-refractivity contribution in [3.63, 3.8) is 0 Å². The minimum Gasteiger partial charge on any atom is -0.380 e. The van der Waals surface area contributed by atoms with E-state index in [4.69, 9.17) is 0 Å². The summed E-state index contributed by atoms with van der Waals surface area (Å²) in [5.74, 6) is 0. The van der Waals surface area contributed by atoms with E-state index < -0.39 is 0 Å². The number of nitrogens with zero attached hydrogens (tertiary/aromatic N) is 2. The molecule has 1 aliphatic heterocycles. The average molecular weight is 309 g/mol. The molecule has 4 heteroatoms. The van der Waals surface area contributed by atoms with Gasteiger partial charge in [0.25, 0.3) is 0 Å². The van der Waals surface area contributed by atoms with Gasteiger partial charge in [0.2, 0.25) is 0 Å². The molecule has 112 valence electrons. The number of anilines is 1. The molecule has 0 unspecified atom stereocenters. The molecule has 0 saturated carbocycles. The van der Waals surface area contributed by atoms with Crippen molar-refractivity contribution in [3.8, 4) is 0 Å². The van der Waals surface area contributed by atoms with Crippen LogP contribution in [0.25, 0.3) is 10.8 Å². The molecular weight excluding hydrogens is 290 g/mol. The Kier molecular flexibility index (Phi) is 3.79. The first-order valence-electron chi connectivity index (χ1n) is 7.71. The normalized spacial score (nSPS) is 18.8. The number of benzene rings is 1. The number of aromatic nitrogens is 1. The van der Waals surface area contributed by atoms with Crippen LogP contribution in [-0.4, -0.2) is 29.0 Å². The van der Waals surface area contributed by atoms with Crippen LogP contribution in [-0.2, 0) is 6.54 Å². The van der Waals surface area contributed by atoms with Crippen LogP contribution in [0.5, 0.6) is 0 Å². The molecule has 4 rings (SSSR count). The summed E-state index contributed by atoms with van der Waals surface area (Å²) in [4.78, 5) is 6.74. The molecule has 1 N–H and O–H groups in total. The zero-order chi connectivity index (χ0) is 14.8. The maximum absolute atomic E-state index is 4.20. The predicted molar refractivity (Wildman–Crippen MR) is 93.4 cm³/mol. The summed E-state index contributed by atoms with van der Waals surface area (Å²) in [6.07, 6.45) is 4.99. The first-order chi connectivity index (χ1) is 10.9. The molecule has 1 fully saturated rings. The van der Waals surface area contributed by atoms with Gasteiger partial charge in [0.05, 0.1) is 0 Å². The van der Waals surface area contributed by atoms with Gasteiger partial charge in [0.1, 0.15) is 0 Å². The molecule has 1 aliphatic rings. The van der Waals surface area contributed by atoms with E-state index in [1.807, 2.05) is 12.4 Å². The van der Waals surface area contributed by atoms with Gasteiger partial charge in [-0.05, 0) is 40.9 Å².